The Morgan fingerprint density at radius 2 is 1.84 bits per heavy atom. The van der Waals surface area contributed by atoms with Crippen LogP contribution in [0.5, 0.6) is 5.75 Å². The van der Waals surface area contributed by atoms with Gasteiger partial charge in [0, 0.05) is 11.9 Å². The zero-order valence-electron chi connectivity index (χ0n) is 17.2. The Hall–Kier alpha value is -3.58. The van der Waals surface area contributed by atoms with Gasteiger partial charge in [0.1, 0.15) is 11.3 Å². The topological polar surface area (TPSA) is 100 Å². The highest BCUT2D eigenvalue weighted by Crippen LogP contribution is 2.39. The molecule has 160 valence electrons. The summed E-state index contributed by atoms with van der Waals surface area (Å²) in [5, 5.41) is 21.1. The minimum Gasteiger partial charge on any atom is -0.508 e. The van der Waals surface area contributed by atoms with Crippen molar-refractivity contribution in [2.45, 2.75) is 26.0 Å². The van der Waals surface area contributed by atoms with Gasteiger partial charge in [0.15, 0.2) is 11.5 Å². The predicted molar refractivity (Wildman–Crippen MR) is 114 cm³/mol. The lowest BCUT2D eigenvalue weighted by molar-refractivity contribution is -0.130. The summed E-state index contributed by atoms with van der Waals surface area (Å²) in [6.07, 6.45) is -0.0250. The Morgan fingerprint density at radius 3 is 2.52 bits per heavy atom. The van der Waals surface area contributed by atoms with Crippen LogP contribution in [-0.4, -0.2) is 46.1 Å². The van der Waals surface area contributed by atoms with E-state index in [-0.39, 0.29) is 36.3 Å². The first-order chi connectivity index (χ1) is 14.9. The molecule has 0 aliphatic carbocycles. The molecular weight excluding hydrogens is 398 g/mol. The Kier molecular flexibility index (Phi) is 5.52. The number of carbonyl (C=O) groups is 2. The van der Waals surface area contributed by atoms with Gasteiger partial charge in [-0.2, -0.15) is 0 Å². The Morgan fingerprint density at radius 1 is 1.13 bits per heavy atom. The molecule has 1 amide bonds. The van der Waals surface area contributed by atoms with Gasteiger partial charge in [-0.25, -0.2) is 0 Å². The summed E-state index contributed by atoms with van der Waals surface area (Å²) >= 11 is 0. The van der Waals surface area contributed by atoms with E-state index in [2.05, 4.69) is 0 Å². The molecule has 2 aromatic carbocycles. The molecule has 0 saturated heterocycles. The molecule has 0 spiro atoms. The first-order valence-electron chi connectivity index (χ1n) is 10.0. The van der Waals surface area contributed by atoms with Crippen LogP contribution in [0, 0.1) is 0 Å². The number of Topliss-reactive ketones (excluding diaryl/α,β-unsaturated/α-hetero) is 1. The van der Waals surface area contributed by atoms with Crippen molar-refractivity contribution in [1.29, 1.82) is 0 Å². The maximum atomic E-state index is 13.4. The molecule has 0 saturated carbocycles. The van der Waals surface area contributed by atoms with Gasteiger partial charge >= 0.3 is 0 Å². The van der Waals surface area contributed by atoms with Gasteiger partial charge in [0.25, 0.3) is 5.91 Å². The number of rotatable bonds is 7. The lowest BCUT2D eigenvalue weighted by Crippen LogP contribution is -2.34. The molecule has 1 aromatic heterocycles. The third kappa shape index (κ3) is 3.92. The summed E-state index contributed by atoms with van der Waals surface area (Å²) in [6, 6.07) is 14.1. The number of ether oxygens (including phenoxy) is 1. The van der Waals surface area contributed by atoms with Crippen LogP contribution in [-0.2, 0) is 9.53 Å². The van der Waals surface area contributed by atoms with E-state index in [0.717, 1.165) is 5.39 Å². The van der Waals surface area contributed by atoms with Crippen molar-refractivity contribution in [3.05, 3.63) is 77.3 Å². The number of phenolic OH excluding ortho intramolecular Hbond substituents is 1. The van der Waals surface area contributed by atoms with E-state index < -0.39 is 23.5 Å². The molecule has 7 heteroatoms. The highest BCUT2D eigenvalue weighted by molar-refractivity contribution is 6.16. The van der Waals surface area contributed by atoms with Crippen LogP contribution < -0.4 is 0 Å². The standard InChI is InChI=1S/C24H23NO6/c1-14(2)30-12-11-25-21(15-7-9-17(26)10-8-15)20(23(28)24(25)29)22(27)19-13-16-5-3-4-6-18(16)31-19/h3-10,13-14,21,26,28H,11-12H2,1-2H3. The van der Waals surface area contributed by atoms with Crippen molar-refractivity contribution >= 4 is 22.7 Å². The number of fused-ring (bicyclic) bond motifs is 1. The minimum absolute atomic E-state index is 0.0250. The summed E-state index contributed by atoms with van der Waals surface area (Å²) in [4.78, 5) is 27.7. The first kappa shape index (κ1) is 20.7. The normalized spacial score (nSPS) is 16.7. The second kappa shape index (κ2) is 8.28. The molecule has 3 aromatic rings. The van der Waals surface area contributed by atoms with Gasteiger partial charge in [-0.3, -0.25) is 9.59 Å². The molecule has 1 aliphatic rings. The van der Waals surface area contributed by atoms with Crippen LogP contribution >= 0.6 is 0 Å². The lowest BCUT2D eigenvalue weighted by Gasteiger charge is -2.27. The number of aliphatic hydroxyl groups is 1. The van der Waals surface area contributed by atoms with Gasteiger partial charge in [-0.15, -0.1) is 0 Å². The average molecular weight is 421 g/mol. The molecule has 0 radical (unpaired) electrons. The van der Waals surface area contributed by atoms with E-state index >= 15 is 0 Å². The fourth-order valence-electron chi connectivity index (χ4n) is 3.73. The number of phenols is 1. The smallest absolute Gasteiger partial charge is 0.290 e. The monoisotopic (exact) mass is 421 g/mol. The van der Waals surface area contributed by atoms with Crippen LogP contribution in [0.2, 0.25) is 0 Å². The number of para-hydroxylation sites is 1. The van der Waals surface area contributed by atoms with Crippen LogP contribution in [0.4, 0.5) is 0 Å². The van der Waals surface area contributed by atoms with Crippen molar-refractivity contribution in [3.8, 4) is 5.75 Å². The van der Waals surface area contributed by atoms with E-state index in [1.807, 2.05) is 26.0 Å². The number of amides is 1. The number of aliphatic hydroxyl groups excluding tert-OH is 1. The second-order valence-electron chi connectivity index (χ2n) is 7.65. The molecule has 7 nitrogen and oxygen atoms in total. The van der Waals surface area contributed by atoms with Crippen molar-refractivity contribution in [3.63, 3.8) is 0 Å². The number of nitrogens with zero attached hydrogens (tertiary/aromatic N) is 1. The quantitative estimate of drug-likeness (QED) is 0.556. The molecule has 2 heterocycles. The molecule has 0 fully saturated rings. The third-order valence-corrected chi connectivity index (χ3v) is 5.19. The Balaban J connectivity index is 1.74. The van der Waals surface area contributed by atoms with Gasteiger partial charge < -0.3 is 24.3 Å². The number of carbonyl (C=O) groups excluding carboxylic acids is 2. The van der Waals surface area contributed by atoms with Gasteiger partial charge in [0.2, 0.25) is 5.78 Å². The van der Waals surface area contributed by atoms with Crippen molar-refractivity contribution in [1.82, 2.24) is 4.90 Å². The number of hydrogen-bond acceptors (Lipinski definition) is 6. The summed E-state index contributed by atoms with van der Waals surface area (Å²) < 4.78 is 11.3. The maximum absolute atomic E-state index is 13.4. The number of hydrogen-bond donors (Lipinski definition) is 2. The average Bonchev–Trinajstić information content (AvgIpc) is 3.28. The third-order valence-electron chi connectivity index (χ3n) is 5.19. The second-order valence-corrected chi connectivity index (χ2v) is 7.65. The summed E-state index contributed by atoms with van der Waals surface area (Å²) in [5.74, 6) is -1.72. The van der Waals surface area contributed by atoms with E-state index in [9.17, 15) is 19.8 Å². The van der Waals surface area contributed by atoms with Gasteiger partial charge in [-0.05, 0) is 43.7 Å². The van der Waals surface area contributed by atoms with E-state index in [1.165, 1.54) is 17.0 Å². The van der Waals surface area contributed by atoms with E-state index in [1.54, 1.807) is 30.3 Å². The lowest BCUT2D eigenvalue weighted by atomic mass is 9.95. The largest absolute Gasteiger partial charge is 0.508 e. The highest BCUT2D eigenvalue weighted by Gasteiger charge is 2.44. The van der Waals surface area contributed by atoms with Crippen molar-refractivity contribution in [2.24, 2.45) is 0 Å². The number of furan rings is 1. The zero-order chi connectivity index (χ0) is 22.1. The van der Waals surface area contributed by atoms with Crippen LogP contribution in [0.1, 0.15) is 36.0 Å². The summed E-state index contributed by atoms with van der Waals surface area (Å²) in [6.45, 7) is 4.20. The molecule has 2 N–H and O–H groups in total. The van der Waals surface area contributed by atoms with Crippen LogP contribution in [0.15, 0.2) is 70.3 Å². The molecular formula is C24H23NO6. The first-order valence-corrected chi connectivity index (χ1v) is 10.0. The van der Waals surface area contributed by atoms with Crippen LogP contribution in [0.25, 0.3) is 11.0 Å². The zero-order valence-corrected chi connectivity index (χ0v) is 17.2. The Bertz CT molecular complexity index is 1130. The molecule has 31 heavy (non-hydrogen) atoms. The van der Waals surface area contributed by atoms with Crippen molar-refractivity contribution in [2.75, 3.05) is 13.2 Å². The van der Waals surface area contributed by atoms with Crippen LogP contribution in [0.3, 0.4) is 0 Å². The number of benzene rings is 2. The summed E-state index contributed by atoms with van der Waals surface area (Å²) in [7, 11) is 0. The molecule has 1 aliphatic heterocycles. The fourth-order valence-corrected chi connectivity index (χ4v) is 3.73. The number of ketones is 1. The van der Waals surface area contributed by atoms with Gasteiger partial charge in [0.05, 0.1) is 24.3 Å². The molecule has 1 atom stereocenters. The van der Waals surface area contributed by atoms with E-state index in [4.69, 9.17) is 9.15 Å². The molecule has 0 bridgehead atoms. The SMILES string of the molecule is CC(C)OCCN1C(=O)C(O)=C(C(=O)c2cc3ccccc3o2)C1c1ccc(O)cc1. The maximum Gasteiger partial charge on any atom is 0.290 e. The van der Waals surface area contributed by atoms with Gasteiger partial charge in [-0.1, -0.05) is 30.3 Å². The Labute approximate surface area is 179 Å². The minimum atomic E-state index is -0.829. The highest BCUT2D eigenvalue weighted by atomic mass is 16.5. The number of aromatic hydroxyl groups is 1. The molecule has 4 rings (SSSR count). The fraction of sp³-hybridized carbons (Fsp3) is 0.250. The molecule has 1 unspecified atom stereocenters. The predicted octanol–water partition coefficient (Wildman–Crippen LogP) is 4.14. The summed E-state index contributed by atoms with van der Waals surface area (Å²) in [5.41, 5.74) is 1.07. The van der Waals surface area contributed by atoms with E-state index in [0.29, 0.717) is 11.1 Å². The van der Waals surface area contributed by atoms with Crippen molar-refractivity contribution < 1.29 is 29.0 Å².